The third-order valence-electron chi connectivity index (χ3n) is 7.27. The number of nitrogens with zero attached hydrogens (tertiary/aromatic N) is 3. The molecule has 206 valence electrons. The van der Waals surface area contributed by atoms with Crippen molar-refractivity contribution in [2.24, 2.45) is 0 Å². The summed E-state index contributed by atoms with van der Waals surface area (Å²) < 4.78 is 17.9. The second-order valence-electron chi connectivity index (χ2n) is 9.35. The number of carbonyl (C=O) groups is 1. The molecule has 1 N–H and O–H groups in total. The van der Waals surface area contributed by atoms with E-state index in [4.69, 9.17) is 14.2 Å². The van der Waals surface area contributed by atoms with Crippen molar-refractivity contribution in [2.75, 3.05) is 32.8 Å². The minimum absolute atomic E-state index is 0.227. The number of para-hydroxylation sites is 1. The number of rotatable bonds is 10. The van der Waals surface area contributed by atoms with Gasteiger partial charge < -0.3 is 19.1 Å². The van der Waals surface area contributed by atoms with E-state index in [9.17, 15) is 19.7 Å². The summed E-state index contributed by atoms with van der Waals surface area (Å²) >= 11 is 0. The number of hydrogen-bond acceptors (Lipinski definition) is 7. The Morgan fingerprint density at radius 1 is 0.925 bits per heavy atom. The molecule has 11 heteroatoms. The molecular formula is C29H28N4O7. The summed E-state index contributed by atoms with van der Waals surface area (Å²) in [6, 6.07) is 21.1. The summed E-state index contributed by atoms with van der Waals surface area (Å²) in [5.74, 6) is -0.665. The van der Waals surface area contributed by atoms with Gasteiger partial charge in [0.25, 0.3) is 11.5 Å². The van der Waals surface area contributed by atoms with Crippen molar-refractivity contribution in [3.63, 3.8) is 0 Å². The zero-order chi connectivity index (χ0) is 28.4. The predicted molar refractivity (Wildman–Crippen MR) is 147 cm³/mol. The standard InChI is InChI=1S/C29H28N4O7/c1-38-24-15-20(16-25(39-2)27(24)40-3)22(18-33(36)37)29(32-14-13-26(34)30-32)21-11-7-8-12-23(21)31(28(29)35)17-19-9-5-4-6-10-19/h4-16,22H,17-18H2,1-3H3,(H,30,34)/t22-,29-/m1/s1. The second kappa shape index (κ2) is 10.6. The van der Waals surface area contributed by atoms with Gasteiger partial charge in [0.1, 0.15) is 0 Å². The number of methoxy groups -OCH3 is 3. The number of aromatic amines is 1. The van der Waals surface area contributed by atoms with Gasteiger partial charge in [-0.2, -0.15) is 0 Å². The molecule has 0 aliphatic carbocycles. The van der Waals surface area contributed by atoms with Crippen LogP contribution < -0.4 is 24.7 Å². The van der Waals surface area contributed by atoms with Gasteiger partial charge >= 0.3 is 0 Å². The number of H-pyrrole nitrogens is 1. The van der Waals surface area contributed by atoms with Gasteiger partial charge in [-0.25, -0.2) is 0 Å². The molecule has 2 heterocycles. The van der Waals surface area contributed by atoms with Gasteiger partial charge in [-0.1, -0.05) is 48.5 Å². The van der Waals surface area contributed by atoms with E-state index in [1.807, 2.05) is 30.3 Å². The number of aromatic nitrogens is 2. The number of nitro groups is 1. The van der Waals surface area contributed by atoms with E-state index in [2.05, 4.69) is 5.10 Å². The summed E-state index contributed by atoms with van der Waals surface area (Å²) in [4.78, 5) is 40.6. The molecule has 0 radical (unpaired) electrons. The Morgan fingerprint density at radius 2 is 1.57 bits per heavy atom. The van der Waals surface area contributed by atoms with Gasteiger partial charge in [-0.15, -0.1) is 0 Å². The van der Waals surface area contributed by atoms with Crippen LogP contribution >= 0.6 is 0 Å². The largest absolute Gasteiger partial charge is 0.493 e. The summed E-state index contributed by atoms with van der Waals surface area (Å²) in [6.07, 6.45) is 1.45. The third-order valence-corrected chi connectivity index (χ3v) is 7.27. The van der Waals surface area contributed by atoms with Gasteiger partial charge in [0, 0.05) is 22.7 Å². The molecule has 0 bridgehead atoms. The molecule has 4 aromatic rings. The molecule has 0 saturated heterocycles. The summed E-state index contributed by atoms with van der Waals surface area (Å²) in [5.41, 5.74) is 0.212. The maximum absolute atomic E-state index is 14.8. The second-order valence-corrected chi connectivity index (χ2v) is 9.35. The van der Waals surface area contributed by atoms with Crippen molar-refractivity contribution in [1.29, 1.82) is 0 Å². The van der Waals surface area contributed by atoms with Gasteiger partial charge in [-0.3, -0.25) is 29.5 Å². The van der Waals surface area contributed by atoms with Crippen molar-refractivity contribution in [3.8, 4) is 17.2 Å². The molecule has 1 aliphatic rings. The van der Waals surface area contributed by atoms with Gasteiger partial charge in [-0.05, 0) is 29.3 Å². The number of amides is 1. The fourth-order valence-corrected chi connectivity index (χ4v) is 5.59. The first-order chi connectivity index (χ1) is 19.3. The van der Waals surface area contributed by atoms with Gasteiger partial charge in [0.05, 0.1) is 39.5 Å². The Bertz CT molecular complexity index is 1590. The van der Waals surface area contributed by atoms with Crippen LogP contribution in [0, 0.1) is 10.1 Å². The molecule has 5 rings (SSSR count). The molecule has 0 unspecified atom stereocenters. The third kappa shape index (κ3) is 4.25. The van der Waals surface area contributed by atoms with E-state index in [1.165, 1.54) is 38.3 Å². The van der Waals surface area contributed by atoms with Crippen molar-refractivity contribution in [1.82, 2.24) is 9.78 Å². The fourth-order valence-electron chi connectivity index (χ4n) is 5.59. The molecule has 3 aromatic carbocycles. The Hall–Kier alpha value is -5.06. The number of benzene rings is 3. The molecule has 11 nitrogen and oxygen atoms in total. The fraction of sp³-hybridized carbons (Fsp3) is 0.241. The highest BCUT2D eigenvalue weighted by Gasteiger charge is 2.59. The van der Waals surface area contributed by atoms with Crippen LogP contribution in [-0.2, 0) is 16.9 Å². The lowest BCUT2D eigenvalue weighted by Crippen LogP contribution is -2.52. The molecular weight excluding hydrogens is 516 g/mol. The van der Waals surface area contributed by atoms with E-state index < -0.39 is 34.4 Å². The van der Waals surface area contributed by atoms with Gasteiger partial charge in [0.2, 0.25) is 12.3 Å². The van der Waals surface area contributed by atoms with Crippen LogP contribution in [0.1, 0.15) is 22.6 Å². The number of ether oxygens (including phenoxy) is 3. The first-order valence-corrected chi connectivity index (χ1v) is 12.5. The van der Waals surface area contributed by atoms with Crippen LogP contribution in [0.25, 0.3) is 0 Å². The highest BCUT2D eigenvalue weighted by molar-refractivity contribution is 6.08. The molecule has 0 spiro atoms. The average molecular weight is 545 g/mol. The Balaban J connectivity index is 1.82. The monoisotopic (exact) mass is 544 g/mol. The lowest BCUT2D eigenvalue weighted by atomic mass is 9.74. The van der Waals surface area contributed by atoms with Crippen LogP contribution in [0.2, 0.25) is 0 Å². The van der Waals surface area contributed by atoms with E-state index >= 15 is 0 Å². The Morgan fingerprint density at radius 3 is 2.15 bits per heavy atom. The van der Waals surface area contributed by atoms with Crippen LogP contribution in [-0.4, -0.2) is 48.5 Å². The van der Waals surface area contributed by atoms with Crippen molar-refractivity contribution < 1.29 is 23.9 Å². The van der Waals surface area contributed by atoms with Crippen LogP contribution in [0.3, 0.4) is 0 Å². The lowest BCUT2D eigenvalue weighted by Gasteiger charge is -2.36. The van der Waals surface area contributed by atoms with Crippen molar-refractivity contribution >= 4 is 11.6 Å². The first kappa shape index (κ1) is 26.5. The average Bonchev–Trinajstić information content (AvgIpc) is 3.50. The zero-order valence-corrected chi connectivity index (χ0v) is 22.2. The van der Waals surface area contributed by atoms with E-state index in [0.717, 1.165) is 5.56 Å². The predicted octanol–water partition coefficient (Wildman–Crippen LogP) is 3.55. The first-order valence-electron chi connectivity index (χ1n) is 12.5. The SMILES string of the molecule is COc1cc([C@@H](C[N+](=O)[O-])[C@@]2(n3ccc(=O)[nH]3)C(=O)N(Cc3ccccc3)c3ccccc32)cc(OC)c1OC. The minimum Gasteiger partial charge on any atom is -0.493 e. The number of fused-ring (bicyclic) bond motifs is 1. The molecule has 1 amide bonds. The summed E-state index contributed by atoms with van der Waals surface area (Å²) in [5, 5.41) is 15.0. The topological polar surface area (TPSA) is 129 Å². The number of hydrogen-bond donors (Lipinski definition) is 1. The Kier molecular flexibility index (Phi) is 7.03. The highest BCUT2D eigenvalue weighted by atomic mass is 16.6. The molecule has 40 heavy (non-hydrogen) atoms. The van der Waals surface area contributed by atoms with Crippen LogP contribution in [0.4, 0.5) is 5.69 Å². The minimum atomic E-state index is -1.72. The zero-order valence-electron chi connectivity index (χ0n) is 22.2. The lowest BCUT2D eigenvalue weighted by molar-refractivity contribution is -0.485. The quantitative estimate of drug-likeness (QED) is 0.239. The van der Waals surface area contributed by atoms with E-state index in [1.54, 1.807) is 41.3 Å². The summed E-state index contributed by atoms with van der Waals surface area (Å²) in [6.45, 7) is -0.414. The Labute approximate surface area is 229 Å². The summed E-state index contributed by atoms with van der Waals surface area (Å²) in [7, 11) is 4.35. The normalized spacial score (nSPS) is 16.9. The van der Waals surface area contributed by atoms with Crippen LogP contribution in [0.15, 0.2) is 83.8 Å². The molecule has 2 atom stereocenters. The molecule has 1 aromatic heterocycles. The number of carbonyl (C=O) groups excluding carboxylic acids is 1. The molecule has 0 saturated carbocycles. The maximum Gasteiger partial charge on any atom is 0.264 e. The number of anilines is 1. The van der Waals surface area contributed by atoms with Gasteiger partial charge in [0.15, 0.2) is 17.0 Å². The highest BCUT2D eigenvalue weighted by Crippen LogP contribution is 2.52. The maximum atomic E-state index is 14.8. The number of nitrogens with one attached hydrogen (secondary N) is 1. The van der Waals surface area contributed by atoms with E-state index in [-0.39, 0.29) is 18.0 Å². The van der Waals surface area contributed by atoms with Crippen LogP contribution in [0.5, 0.6) is 17.2 Å². The van der Waals surface area contributed by atoms with E-state index in [0.29, 0.717) is 22.6 Å². The van der Waals surface area contributed by atoms with Crippen molar-refractivity contribution in [3.05, 3.63) is 116 Å². The molecule has 1 aliphatic heterocycles. The van der Waals surface area contributed by atoms with Crippen molar-refractivity contribution in [2.45, 2.75) is 18.0 Å². The molecule has 0 fully saturated rings. The smallest absolute Gasteiger partial charge is 0.264 e.